The zero-order valence-electron chi connectivity index (χ0n) is 9.53. The molecule has 0 radical (unpaired) electrons. The molecule has 3 nitrogen and oxygen atoms in total. The maximum absolute atomic E-state index is 8.88. The number of aliphatic hydroxyl groups excluding tert-OH is 1. The molecule has 0 unspecified atom stereocenters. The van der Waals surface area contributed by atoms with Gasteiger partial charge in [0.2, 0.25) is 0 Å². The van der Waals surface area contributed by atoms with E-state index in [1.165, 1.54) is 0 Å². The number of furan rings is 1. The van der Waals surface area contributed by atoms with Crippen molar-refractivity contribution in [3.05, 3.63) is 52.4 Å². The summed E-state index contributed by atoms with van der Waals surface area (Å²) in [7, 11) is 0. The van der Waals surface area contributed by atoms with E-state index in [4.69, 9.17) is 21.1 Å². The Labute approximate surface area is 105 Å². The summed E-state index contributed by atoms with van der Waals surface area (Å²) in [5.74, 6) is 1.37. The number of benzene rings is 1. The summed E-state index contributed by atoms with van der Waals surface area (Å²) in [5.41, 5.74) is 2.11. The molecule has 2 N–H and O–H groups in total. The zero-order chi connectivity index (χ0) is 12.3. The van der Waals surface area contributed by atoms with Gasteiger partial charge in [0.15, 0.2) is 0 Å². The first-order chi connectivity index (χ1) is 8.19. The molecule has 0 bridgehead atoms. The van der Waals surface area contributed by atoms with Gasteiger partial charge in [-0.2, -0.15) is 0 Å². The zero-order valence-corrected chi connectivity index (χ0v) is 10.3. The molecule has 90 valence electrons. The lowest BCUT2D eigenvalue weighted by Crippen LogP contribution is -1.99. The van der Waals surface area contributed by atoms with Crippen LogP contribution in [0.1, 0.15) is 17.1 Å². The van der Waals surface area contributed by atoms with Crippen LogP contribution < -0.4 is 5.32 Å². The molecule has 0 atom stereocenters. The molecule has 4 heteroatoms. The van der Waals surface area contributed by atoms with Crippen LogP contribution in [0.25, 0.3) is 0 Å². The molecular formula is C13H14ClNO2. The van der Waals surface area contributed by atoms with E-state index in [-0.39, 0.29) is 6.61 Å². The number of rotatable bonds is 4. The fourth-order valence-electron chi connectivity index (χ4n) is 1.61. The number of hydrogen-bond donors (Lipinski definition) is 2. The van der Waals surface area contributed by atoms with Gasteiger partial charge in [-0.25, -0.2) is 0 Å². The second-order valence-corrected chi connectivity index (χ2v) is 4.28. The van der Waals surface area contributed by atoms with Gasteiger partial charge in [-0.1, -0.05) is 11.6 Å². The minimum Gasteiger partial charge on any atom is -0.462 e. The molecule has 0 saturated carbocycles. The Kier molecular flexibility index (Phi) is 3.71. The molecule has 0 aliphatic heterocycles. The molecule has 17 heavy (non-hydrogen) atoms. The van der Waals surface area contributed by atoms with Crippen LogP contribution in [-0.2, 0) is 13.2 Å². The molecule has 0 aliphatic rings. The van der Waals surface area contributed by atoms with Gasteiger partial charge in [0, 0.05) is 10.7 Å². The average molecular weight is 252 g/mol. The van der Waals surface area contributed by atoms with Crippen molar-refractivity contribution < 1.29 is 9.52 Å². The number of anilines is 1. The highest BCUT2D eigenvalue weighted by Crippen LogP contribution is 2.20. The smallest absolute Gasteiger partial charge is 0.129 e. The van der Waals surface area contributed by atoms with Crippen LogP contribution in [-0.4, -0.2) is 5.11 Å². The Morgan fingerprint density at radius 2 is 2.00 bits per heavy atom. The normalized spacial score (nSPS) is 10.5. The van der Waals surface area contributed by atoms with Gasteiger partial charge < -0.3 is 14.8 Å². The maximum Gasteiger partial charge on any atom is 0.129 e. The first kappa shape index (κ1) is 12.0. The highest BCUT2D eigenvalue weighted by Gasteiger charge is 2.02. The molecule has 1 aromatic heterocycles. The summed E-state index contributed by atoms with van der Waals surface area (Å²) >= 11 is 5.88. The lowest BCUT2D eigenvalue weighted by atomic mass is 10.2. The van der Waals surface area contributed by atoms with Crippen LogP contribution in [0.2, 0.25) is 5.02 Å². The Hall–Kier alpha value is -1.45. The van der Waals surface area contributed by atoms with E-state index in [9.17, 15) is 0 Å². The predicted molar refractivity (Wildman–Crippen MR) is 68.1 cm³/mol. The monoisotopic (exact) mass is 251 g/mol. The Morgan fingerprint density at radius 3 is 2.65 bits per heavy atom. The largest absolute Gasteiger partial charge is 0.462 e. The quantitative estimate of drug-likeness (QED) is 0.876. The van der Waals surface area contributed by atoms with Crippen molar-refractivity contribution in [2.24, 2.45) is 0 Å². The summed E-state index contributed by atoms with van der Waals surface area (Å²) in [6.07, 6.45) is 0. The molecule has 2 aromatic rings. The van der Waals surface area contributed by atoms with E-state index >= 15 is 0 Å². The fourth-order valence-corrected chi connectivity index (χ4v) is 1.84. The van der Waals surface area contributed by atoms with Crippen LogP contribution in [0, 0.1) is 6.92 Å². The highest BCUT2D eigenvalue weighted by molar-refractivity contribution is 6.30. The van der Waals surface area contributed by atoms with E-state index in [0.717, 1.165) is 22.0 Å². The van der Waals surface area contributed by atoms with Crippen LogP contribution in [0.15, 0.2) is 34.7 Å². The average Bonchev–Trinajstić information content (AvgIpc) is 2.76. The maximum atomic E-state index is 8.88. The topological polar surface area (TPSA) is 45.4 Å². The molecule has 0 aliphatic carbocycles. The third kappa shape index (κ3) is 3.02. The molecule has 1 aromatic carbocycles. The lowest BCUT2D eigenvalue weighted by molar-refractivity contribution is 0.244. The van der Waals surface area contributed by atoms with E-state index in [2.05, 4.69) is 5.32 Å². The van der Waals surface area contributed by atoms with Crippen molar-refractivity contribution in [2.75, 3.05) is 5.32 Å². The van der Waals surface area contributed by atoms with Gasteiger partial charge in [-0.3, -0.25) is 0 Å². The second-order valence-electron chi connectivity index (χ2n) is 3.84. The minimum absolute atomic E-state index is 0.0695. The number of aryl methyl sites for hydroxylation is 1. The third-order valence-electron chi connectivity index (χ3n) is 2.51. The van der Waals surface area contributed by atoms with Crippen molar-refractivity contribution in [1.29, 1.82) is 0 Å². The molecule has 0 amide bonds. The standard InChI is InChI=1S/C13H14ClNO2/c1-9-6-10(14)2-5-13(9)15-7-11-3-4-12(8-16)17-11/h2-6,15-16H,7-8H2,1H3. The number of aliphatic hydroxyl groups is 1. The van der Waals surface area contributed by atoms with Gasteiger partial charge in [-0.15, -0.1) is 0 Å². The van der Waals surface area contributed by atoms with Crippen molar-refractivity contribution in [2.45, 2.75) is 20.1 Å². The van der Waals surface area contributed by atoms with Gasteiger partial charge in [0.05, 0.1) is 6.54 Å². The lowest BCUT2D eigenvalue weighted by Gasteiger charge is -2.08. The summed E-state index contributed by atoms with van der Waals surface area (Å²) in [6, 6.07) is 9.31. The second kappa shape index (κ2) is 5.25. The Balaban J connectivity index is 2.02. The Bertz CT molecular complexity index is 508. The summed E-state index contributed by atoms with van der Waals surface area (Å²) in [4.78, 5) is 0. The number of halogens is 1. The van der Waals surface area contributed by atoms with Gasteiger partial charge in [0.1, 0.15) is 18.1 Å². The number of hydrogen-bond acceptors (Lipinski definition) is 3. The van der Waals surface area contributed by atoms with Gasteiger partial charge in [-0.05, 0) is 42.8 Å². The predicted octanol–water partition coefficient (Wildman–Crippen LogP) is 3.35. The van der Waals surface area contributed by atoms with E-state index < -0.39 is 0 Å². The van der Waals surface area contributed by atoms with E-state index in [1.54, 1.807) is 6.07 Å². The van der Waals surface area contributed by atoms with Crippen molar-refractivity contribution >= 4 is 17.3 Å². The van der Waals surface area contributed by atoms with E-state index in [0.29, 0.717) is 12.3 Å². The first-order valence-corrected chi connectivity index (χ1v) is 5.75. The van der Waals surface area contributed by atoms with Crippen molar-refractivity contribution in [3.8, 4) is 0 Å². The van der Waals surface area contributed by atoms with Gasteiger partial charge >= 0.3 is 0 Å². The first-order valence-electron chi connectivity index (χ1n) is 5.37. The Morgan fingerprint density at radius 1 is 1.24 bits per heavy atom. The molecular weight excluding hydrogens is 238 g/mol. The summed E-state index contributed by atoms with van der Waals surface area (Å²) in [5, 5.41) is 12.9. The summed E-state index contributed by atoms with van der Waals surface area (Å²) in [6.45, 7) is 2.51. The molecule has 0 saturated heterocycles. The number of nitrogens with one attached hydrogen (secondary N) is 1. The van der Waals surface area contributed by atoms with Crippen molar-refractivity contribution in [3.63, 3.8) is 0 Å². The molecule has 1 heterocycles. The van der Waals surface area contributed by atoms with Crippen LogP contribution in [0.3, 0.4) is 0 Å². The van der Waals surface area contributed by atoms with Gasteiger partial charge in [0.25, 0.3) is 0 Å². The molecule has 0 fully saturated rings. The van der Waals surface area contributed by atoms with Crippen LogP contribution in [0.5, 0.6) is 0 Å². The molecule has 2 rings (SSSR count). The van der Waals surface area contributed by atoms with E-state index in [1.807, 2.05) is 31.2 Å². The van der Waals surface area contributed by atoms with Crippen LogP contribution in [0.4, 0.5) is 5.69 Å². The fraction of sp³-hybridized carbons (Fsp3) is 0.231. The highest BCUT2D eigenvalue weighted by atomic mass is 35.5. The van der Waals surface area contributed by atoms with Crippen molar-refractivity contribution in [1.82, 2.24) is 0 Å². The molecule has 0 spiro atoms. The van der Waals surface area contributed by atoms with Crippen LogP contribution >= 0.6 is 11.6 Å². The SMILES string of the molecule is Cc1cc(Cl)ccc1NCc1ccc(CO)o1. The third-order valence-corrected chi connectivity index (χ3v) is 2.75. The summed E-state index contributed by atoms with van der Waals surface area (Å²) < 4.78 is 5.38. The minimum atomic E-state index is -0.0695.